The number of hydrogen-bond donors (Lipinski definition) is 3. The summed E-state index contributed by atoms with van der Waals surface area (Å²) in [6.45, 7) is 14.3. The molecule has 4 heteroatoms. The molecule has 0 saturated heterocycles. The number of rotatable bonds is 8. The third-order valence-electron chi connectivity index (χ3n) is 2.76. The Balaban J connectivity index is 4.99. The van der Waals surface area contributed by atoms with Gasteiger partial charge in [-0.1, -0.05) is 44.9 Å². The van der Waals surface area contributed by atoms with Gasteiger partial charge in [0.2, 0.25) is 0 Å². The molecule has 0 fully saturated rings. The molecular formula is C17H23NO3. The van der Waals surface area contributed by atoms with Crippen LogP contribution in [0.3, 0.4) is 0 Å². The lowest BCUT2D eigenvalue weighted by Gasteiger charge is -2.17. The van der Waals surface area contributed by atoms with Gasteiger partial charge in [0.05, 0.1) is 6.10 Å². The topological polar surface area (TPSA) is 69.6 Å². The summed E-state index contributed by atoms with van der Waals surface area (Å²) in [5, 5.41) is 21.7. The number of hydrogen-bond acceptors (Lipinski definition) is 3. The molecule has 0 spiro atoms. The average molecular weight is 289 g/mol. The highest BCUT2D eigenvalue weighted by Gasteiger charge is 2.15. The number of amides is 1. The van der Waals surface area contributed by atoms with Gasteiger partial charge in [-0.05, 0) is 24.6 Å². The zero-order valence-corrected chi connectivity index (χ0v) is 12.5. The van der Waals surface area contributed by atoms with Crippen LogP contribution in [-0.4, -0.2) is 22.2 Å². The predicted molar refractivity (Wildman–Crippen MR) is 86.5 cm³/mol. The van der Waals surface area contributed by atoms with Gasteiger partial charge >= 0.3 is 0 Å². The molecule has 114 valence electrons. The standard InChI is InChI=1S/C17H23NO3/c1-6-9-12(4)16(20)14(7-2)10-13(5)17(21)18-11-15(19)8-3/h6-12,16,19-20H,2-3,5H2,1,4H3,(H,18,21)/b9-6?,14-10+,15-11-. The fraction of sp³-hybridized carbons (Fsp3) is 0.235. The third-order valence-corrected chi connectivity index (χ3v) is 2.76. The van der Waals surface area contributed by atoms with Crippen molar-refractivity contribution in [2.75, 3.05) is 0 Å². The molecule has 21 heavy (non-hydrogen) atoms. The van der Waals surface area contributed by atoms with Gasteiger partial charge in [0.1, 0.15) is 5.76 Å². The summed E-state index contributed by atoms with van der Waals surface area (Å²) in [5.41, 5.74) is 0.641. The van der Waals surface area contributed by atoms with E-state index in [-0.39, 0.29) is 17.3 Å². The molecule has 0 aliphatic heterocycles. The van der Waals surface area contributed by atoms with Gasteiger partial charge in [0.15, 0.2) is 0 Å². The summed E-state index contributed by atoms with van der Waals surface area (Å²) in [6, 6.07) is 0. The normalized spacial score (nSPS) is 15.4. The van der Waals surface area contributed by atoms with Gasteiger partial charge in [-0.15, -0.1) is 0 Å². The Morgan fingerprint density at radius 2 is 1.90 bits per heavy atom. The van der Waals surface area contributed by atoms with Gasteiger partial charge in [0, 0.05) is 17.7 Å². The largest absolute Gasteiger partial charge is 0.506 e. The summed E-state index contributed by atoms with van der Waals surface area (Å²) in [7, 11) is 0. The maximum Gasteiger partial charge on any atom is 0.254 e. The average Bonchev–Trinajstić information content (AvgIpc) is 2.48. The molecule has 0 bridgehead atoms. The van der Waals surface area contributed by atoms with Crippen molar-refractivity contribution in [1.82, 2.24) is 5.32 Å². The first-order chi connectivity index (χ1) is 9.87. The van der Waals surface area contributed by atoms with Crippen LogP contribution in [0, 0.1) is 5.92 Å². The second kappa shape index (κ2) is 9.55. The Kier molecular flexibility index (Phi) is 8.49. The van der Waals surface area contributed by atoms with E-state index in [2.05, 4.69) is 25.1 Å². The van der Waals surface area contributed by atoms with Crippen LogP contribution in [0.2, 0.25) is 0 Å². The highest BCUT2D eigenvalue weighted by atomic mass is 16.3. The predicted octanol–water partition coefficient (Wildman–Crippen LogP) is 2.93. The molecular weight excluding hydrogens is 266 g/mol. The monoisotopic (exact) mass is 289 g/mol. The van der Waals surface area contributed by atoms with E-state index in [4.69, 9.17) is 5.11 Å². The lowest BCUT2D eigenvalue weighted by atomic mass is 9.95. The van der Waals surface area contributed by atoms with Crippen LogP contribution in [-0.2, 0) is 4.79 Å². The Morgan fingerprint density at radius 1 is 1.29 bits per heavy atom. The van der Waals surface area contributed by atoms with Crippen molar-refractivity contribution in [3.63, 3.8) is 0 Å². The quantitative estimate of drug-likeness (QED) is 0.278. The number of carbonyl (C=O) groups excluding carboxylic acids is 1. The van der Waals surface area contributed by atoms with Crippen molar-refractivity contribution in [1.29, 1.82) is 0 Å². The second-order valence-electron chi connectivity index (χ2n) is 4.45. The zero-order valence-electron chi connectivity index (χ0n) is 12.5. The molecule has 0 aromatic carbocycles. The van der Waals surface area contributed by atoms with Crippen LogP contribution in [0.5, 0.6) is 0 Å². The molecule has 3 N–H and O–H groups in total. The molecule has 0 aromatic heterocycles. The number of aliphatic hydroxyl groups excluding tert-OH is 2. The highest BCUT2D eigenvalue weighted by Crippen LogP contribution is 2.16. The van der Waals surface area contributed by atoms with Gasteiger partial charge in [0.25, 0.3) is 5.91 Å². The number of allylic oxidation sites excluding steroid dienone is 2. The third kappa shape index (κ3) is 6.58. The Hall–Kier alpha value is -2.33. The van der Waals surface area contributed by atoms with E-state index < -0.39 is 12.0 Å². The minimum Gasteiger partial charge on any atom is -0.506 e. The Morgan fingerprint density at radius 3 is 2.38 bits per heavy atom. The van der Waals surface area contributed by atoms with Gasteiger partial charge < -0.3 is 15.5 Å². The summed E-state index contributed by atoms with van der Waals surface area (Å²) < 4.78 is 0. The van der Waals surface area contributed by atoms with Gasteiger partial charge in [-0.2, -0.15) is 0 Å². The molecule has 0 rings (SSSR count). The lowest BCUT2D eigenvalue weighted by Crippen LogP contribution is -2.21. The van der Waals surface area contributed by atoms with Crippen LogP contribution in [0.15, 0.2) is 73.2 Å². The summed E-state index contributed by atoms with van der Waals surface area (Å²) in [4.78, 5) is 11.8. The van der Waals surface area contributed by atoms with Crippen molar-refractivity contribution in [3.8, 4) is 0 Å². The van der Waals surface area contributed by atoms with Crippen LogP contribution in [0.25, 0.3) is 0 Å². The molecule has 0 heterocycles. The molecule has 0 aliphatic rings. The van der Waals surface area contributed by atoms with Crippen LogP contribution < -0.4 is 5.32 Å². The number of aliphatic hydroxyl groups is 2. The molecule has 2 unspecified atom stereocenters. The molecule has 0 saturated carbocycles. The summed E-state index contributed by atoms with van der Waals surface area (Å²) >= 11 is 0. The van der Waals surface area contributed by atoms with E-state index >= 15 is 0 Å². The SMILES string of the molecule is C=C/C(O)=C/NC(=O)C(=C)/C=C(\C=C)C(O)C(C)C=CC. The molecule has 1 amide bonds. The maximum absolute atomic E-state index is 11.8. The smallest absolute Gasteiger partial charge is 0.254 e. The molecule has 4 nitrogen and oxygen atoms in total. The van der Waals surface area contributed by atoms with E-state index in [0.717, 1.165) is 6.20 Å². The van der Waals surface area contributed by atoms with Crippen molar-refractivity contribution in [2.45, 2.75) is 20.0 Å². The van der Waals surface area contributed by atoms with E-state index in [0.29, 0.717) is 5.57 Å². The zero-order chi connectivity index (χ0) is 16.4. The Bertz CT molecular complexity index is 498. The molecule has 0 aliphatic carbocycles. The minimum absolute atomic E-state index is 0.111. The molecule has 2 atom stereocenters. The van der Waals surface area contributed by atoms with Crippen LogP contribution in [0.1, 0.15) is 13.8 Å². The van der Waals surface area contributed by atoms with E-state index in [1.807, 2.05) is 26.0 Å². The molecule has 0 radical (unpaired) electrons. The van der Waals surface area contributed by atoms with Crippen LogP contribution >= 0.6 is 0 Å². The first-order valence-electron chi connectivity index (χ1n) is 6.53. The Labute approximate surface area is 126 Å². The van der Waals surface area contributed by atoms with Crippen molar-refractivity contribution < 1.29 is 15.0 Å². The fourth-order valence-corrected chi connectivity index (χ4v) is 1.54. The first kappa shape index (κ1) is 18.7. The van der Waals surface area contributed by atoms with E-state index in [1.54, 1.807) is 0 Å². The maximum atomic E-state index is 11.8. The fourth-order valence-electron chi connectivity index (χ4n) is 1.54. The van der Waals surface area contributed by atoms with Crippen molar-refractivity contribution in [3.05, 3.63) is 73.2 Å². The number of carbonyl (C=O) groups is 1. The second-order valence-corrected chi connectivity index (χ2v) is 4.45. The van der Waals surface area contributed by atoms with Crippen molar-refractivity contribution in [2.24, 2.45) is 5.92 Å². The summed E-state index contributed by atoms with van der Waals surface area (Å²) in [6.07, 6.45) is 8.18. The van der Waals surface area contributed by atoms with E-state index in [9.17, 15) is 9.90 Å². The minimum atomic E-state index is -0.777. The van der Waals surface area contributed by atoms with Crippen molar-refractivity contribution >= 4 is 5.91 Å². The first-order valence-corrected chi connectivity index (χ1v) is 6.53. The summed E-state index contributed by atoms with van der Waals surface area (Å²) in [5.74, 6) is -0.765. The van der Waals surface area contributed by atoms with Gasteiger partial charge in [-0.25, -0.2) is 0 Å². The molecule has 0 aromatic rings. The van der Waals surface area contributed by atoms with Gasteiger partial charge in [-0.3, -0.25) is 4.79 Å². The van der Waals surface area contributed by atoms with Crippen LogP contribution in [0.4, 0.5) is 0 Å². The lowest BCUT2D eigenvalue weighted by molar-refractivity contribution is -0.116. The highest BCUT2D eigenvalue weighted by molar-refractivity contribution is 5.96. The number of nitrogens with one attached hydrogen (secondary N) is 1. The van der Waals surface area contributed by atoms with E-state index in [1.165, 1.54) is 18.2 Å².